The number of aryl methyl sites for hydroxylation is 1. The van der Waals surface area contributed by atoms with E-state index in [2.05, 4.69) is 6.92 Å². The Morgan fingerprint density at radius 3 is 2.33 bits per heavy atom. The summed E-state index contributed by atoms with van der Waals surface area (Å²) in [6.45, 7) is 5.11. The van der Waals surface area contributed by atoms with Gasteiger partial charge in [0.15, 0.2) is 0 Å². The molecule has 0 bridgehead atoms. The molecule has 18 heavy (non-hydrogen) atoms. The molecule has 0 unspecified atom stereocenters. The number of thiophene rings is 1. The molecule has 1 aromatic heterocycles. The largest absolute Gasteiger partial charge is 0.419 e. The lowest BCUT2D eigenvalue weighted by molar-refractivity contribution is -0.222. The first-order valence-electron chi connectivity index (χ1n) is 5.68. The molecule has 0 N–H and O–H groups in total. The molecule has 1 aliphatic rings. The fraction of sp³-hybridized carbons (Fsp3) is 0.385. The van der Waals surface area contributed by atoms with Crippen LogP contribution < -0.4 is 0 Å². The second-order valence-electron chi connectivity index (χ2n) is 4.39. The lowest BCUT2D eigenvalue weighted by atomic mass is 10.2. The van der Waals surface area contributed by atoms with Crippen LogP contribution in [0.25, 0.3) is 6.08 Å². The quantitative estimate of drug-likeness (QED) is 0.469. The van der Waals surface area contributed by atoms with E-state index in [4.69, 9.17) is 9.47 Å². The van der Waals surface area contributed by atoms with Gasteiger partial charge < -0.3 is 9.47 Å². The summed E-state index contributed by atoms with van der Waals surface area (Å²) < 4.78 is 10.0. The summed E-state index contributed by atoms with van der Waals surface area (Å²) in [4.78, 5) is 25.5. The van der Waals surface area contributed by atoms with Gasteiger partial charge in [-0.15, -0.1) is 11.3 Å². The van der Waals surface area contributed by atoms with Gasteiger partial charge in [-0.1, -0.05) is 6.92 Å². The third-order valence-electron chi connectivity index (χ3n) is 2.43. The number of cyclic esters (lactones) is 2. The summed E-state index contributed by atoms with van der Waals surface area (Å²) in [7, 11) is 0. The van der Waals surface area contributed by atoms with Crippen LogP contribution in [0.5, 0.6) is 0 Å². The first-order chi connectivity index (χ1) is 8.41. The Bertz CT molecular complexity index is 503. The van der Waals surface area contributed by atoms with Crippen LogP contribution in [0.4, 0.5) is 0 Å². The molecular weight excluding hydrogens is 252 g/mol. The standard InChI is InChI=1S/C13H14O4S/c1-4-8-5-6-9(18-8)7-10-11(14)16-13(2,3)17-12(10)15/h5-7H,4H2,1-3H3. The fourth-order valence-corrected chi connectivity index (χ4v) is 2.48. The van der Waals surface area contributed by atoms with E-state index in [0.29, 0.717) is 0 Å². The Balaban J connectivity index is 2.27. The molecule has 0 radical (unpaired) electrons. The number of carbonyl (C=O) groups is 2. The summed E-state index contributed by atoms with van der Waals surface area (Å²) in [6.07, 6.45) is 2.44. The van der Waals surface area contributed by atoms with Crippen molar-refractivity contribution in [1.29, 1.82) is 0 Å². The second-order valence-corrected chi connectivity index (χ2v) is 5.59. The Morgan fingerprint density at radius 2 is 1.83 bits per heavy atom. The second kappa shape index (κ2) is 4.57. The van der Waals surface area contributed by atoms with Crippen molar-refractivity contribution in [2.24, 2.45) is 0 Å². The van der Waals surface area contributed by atoms with E-state index in [1.165, 1.54) is 36.1 Å². The van der Waals surface area contributed by atoms with Crippen LogP contribution in [0.2, 0.25) is 0 Å². The van der Waals surface area contributed by atoms with Gasteiger partial charge in [-0.3, -0.25) is 0 Å². The van der Waals surface area contributed by atoms with Gasteiger partial charge in [0.05, 0.1) is 0 Å². The molecule has 2 heterocycles. The SMILES string of the molecule is CCc1ccc(C=C2C(=O)OC(C)(C)OC2=O)s1. The van der Waals surface area contributed by atoms with Crippen LogP contribution >= 0.6 is 11.3 Å². The van der Waals surface area contributed by atoms with E-state index in [0.717, 1.165) is 11.3 Å². The molecule has 1 fully saturated rings. The molecule has 4 nitrogen and oxygen atoms in total. The Kier molecular flexibility index (Phi) is 3.26. The number of esters is 2. The highest BCUT2D eigenvalue weighted by Crippen LogP contribution is 2.26. The number of ether oxygens (including phenoxy) is 2. The van der Waals surface area contributed by atoms with Gasteiger partial charge in [-0.2, -0.15) is 0 Å². The van der Waals surface area contributed by atoms with E-state index in [9.17, 15) is 9.59 Å². The van der Waals surface area contributed by atoms with Gasteiger partial charge in [-0.25, -0.2) is 9.59 Å². The number of rotatable bonds is 2. The molecule has 0 aromatic carbocycles. The lowest BCUT2D eigenvalue weighted by Gasteiger charge is -2.29. The molecule has 96 valence electrons. The van der Waals surface area contributed by atoms with Crippen molar-refractivity contribution in [3.63, 3.8) is 0 Å². The molecule has 0 spiro atoms. The maximum absolute atomic E-state index is 11.7. The van der Waals surface area contributed by atoms with Crippen LogP contribution in [0.3, 0.4) is 0 Å². The maximum Gasteiger partial charge on any atom is 0.348 e. The zero-order valence-electron chi connectivity index (χ0n) is 10.5. The Labute approximate surface area is 109 Å². The molecule has 2 rings (SSSR count). The molecule has 0 atom stereocenters. The summed E-state index contributed by atoms with van der Waals surface area (Å²) in [5.41, 5.74) is -0.0566. The molecule has 1 saturated heterocycles. The highest BCUT2D eigenvalue weighted by molar-refractivity contribution is 7.12. The van der Waals surface area contributed by atoms with Crippen LogP contribution in [0.1, 0.15) is 30.5 Å². The Morgan fingerprint density at radius 1 is 1.22 bits per heavy atom. The van der Waals surface area contributed by atoms with Gasteiger partial charge in [-0.05, 0) is 24.6 Å². The van der Waals surface area contributed by atoms with E-state index < -0.39 is 17.7 Å². The van der Waals surface area contributed by atoms with Crippen molar-refractivity contribution < 1.29 is 19.1 Å². The van der Waals surface area contributed by atoms with Crippen LogP contribution in [0.15, 0.2) is 17.7 Å². The average Bonchev–Trinajstić information content (AvgIpc) is 2.70. The zero-order valence-corrected chi connectivity index (χ0v) is 11.3. The number of carbonyl (C=O) groups excluding carboxylic acids is 2. The van der Waals surface area contributed by atoms with E-state index >= 15 is 0 Å². The molecule has 1 aromatic rings. The number of hydrogen-bond acceptors (Lipinski definition) is 5. The monoisotopic (exact) mass is 266 g/mol. The van der Waals surface area contributed by atoms with Crippen molar-refractivity contribution >= 4 is 29.4 Å². The van der Waals surface area contributed by atoms with E-state index in [1.807, 2.05) is 12.1 Å². The smallest absolute Gasteiger partial charge is 0.348 e. The van der Waals surface area contributed by atoms with Gasteiger partial charge in [0.2, 0.25) is 0 Å². The van der Waals surface area contributed by atoms with Crippen molar-refractivity contribution in [3.8, 4) is 0 Å². The zero-order chi connectivity index (χ0) is 13.3. The third-order valence-corrected chi connectivity index (χ3v) is 3.61. The molecule has 0 saturated carbocycles. The summed E-state index contributed by atoms with van der Waals surface area (Å²) in [5.74, 6) is -2.46. The predicted molar refractivity (Wildman–Crippen MR) is 67.9 cm³/mol. The van der Waals surface area contributed by atoms with Crippen LogP contribution in [-0.4, -0.2) is 17.7 Å². The highest BCUT2D eigenvalue weighted by atomic mass is 32.1. The van der Waals surface area contributed by atoms with Crippen molar-refractivity contribution in [2.75, 3.05) is 0 Å². The Hall–Kier alpha value is -1.62. The summed E-state index contributed by atoms with van der Waals surface area (Å²) >= 11 is 1.54. The fourth-order valence-electron chi connectivity index (χ4n) is 1.58. The minimum Gasteiger partial charge on any atom is -0.419 e. The lowest BCUT2D eigenvalue weighted by Crippen LogP contribution is -2.41. The van der Waals surface area contributed by atoms with E-state index in [1.54, 1.807) is 0 Å². The van der Waals surface area contributed by atoms with Gasteiger partial charge >= 0.3 is 11.9 Å². The maximum atomic E-state index is 11.7. The summed E-state index contributed by atoms with van der Waals surface area (Å²) in [5, 5.41) is 0. The van der Waals surface area contributed by atoms with Crippen molar-refractivity contribution in [1.82, 2.24) is 0 Å². The minimum absolute atomic E-state index is 0.0566. The van der Waals surface area contributed by atoms with Crippen molar-refractivity contribution in [2.45, 2.75) is 33.0 Å². The summed E-state index contributed by atoms with van der Waals surface area (Å²) in [6, 6.07) is 3.84. The average molecular weight is 266 g/mol. The molecule has 1 aliphatic heterocycles. The first-order valence-corrected chi connectivity index (χ1v) is 6.50. The van der Waals surface area contributed by atoms with Gasteiger partial charge in [0.1, 0.15) is 5.57 Å². The highest BCUT2D eigenvalue weighted by Gasteiger charge is 2.38. The van der Waals surface area contributed by atoms with Crippen LogP contribution in [0, 0.1) is 0 Å². The third kappa shape index (κ3) is 2.61. The van der Waals surface area contributed by atoms with Gasteiger partial charge in [0, 0.05) is 23.6 Å². The van der Waals surface area contributed by atoms with Gasteiger partial charge in [0.25, 0.3) is 5.79 Å². The predicted octanol–water partition coefficient (Wildman–Crippen LogP) is 2.53. The number of hydrogen-bond donors (Lipinski definition) is 0. The topological polar surface area (TPSA) is 52.6 Å². The first kappa shape index (κ1) is 12.8. The van der Waals surface area contributed by atoms with Crippen LogP contribution in [-0.2, 0) is 25.5 Å². The minimum atomic E-state index is -1.18. The molecule has 0 amide bonds. The molecule has 0 aliphatic carbocycles. The van der Waals surface area contributed by atoms with Crippen molar-refractivity contribution in [3.05, 3.63) is 27.5 Å². The van der Waals surface area contributed by atoms with E-state index in [-0.39, 0.29) is 5.57 Å². The molecular formula is C13H14O4S. The normalized spacial score (nSPS) is 18.3. The molecule has 5 heteroatoms.